The molecule has 0 bridgehead atoms. The van der Waals surface area contributed by atoms with Crippen molar-refractivity contribution < 1.29 is 4.92 Å². The van der Waals surface area contributed by atoms with E-state index in [4.69, 9.17) is 0 Å². The topological polar surface area (TPSA) is 90.4 Å². The van der Waals surface area contributed by atoms with Crippen LogP contribution in [-0.2, 0) is 0 Å². The summed E-state index contributed by atoms with van der Waals surface area (Å²) in [5.74, 6) is 0.504. The van der Waals surface area contributed by atoms with Crippen LogP contribution in [0.5, 0.6) is 0 Å². The molecule has 128 valence electrons. The highest BCUT2D eigenvalue weighted by Crippen LogP contribution is 2.18. The number of hydrogen-bond acceptors (Lipinski definition) is 6. The molecule has 0 N–H and O–H groups in total. The molecule has 2 heterocycles. The molecular formula is C18H12N4O3S. The first-order chi connectivity index (χ1) is 12.5. The van der Waals surface area contributed by atoms with Crippen molar-refractivity contribution in [3.63, 3.8) is 0 Å². The first kappa shape index (κ1) is 16.1. The zero-order valence-corrected chi connectivity index (χ0v) is 14.4. The minimum Gasteiger partial charge on any atom is -0.267 e. The lowest BCUT2D eigenvalue weighted by molar-refractivity contribution is -0.384. The number of nitro groups is 1. The van der Waals surface area contributed by atoms with Crippen LogP contribution in [0.3, 0.4) is 0 Å². The molecule has 0 radical (unpaired) electrons. The van der Waals surface area contributed by atoms with E-state index in [1.807, 2.05) is 31.2 Å². The van der Waals surface area contributed by atoms with Crippen molar-refractivity contribution in [2.45, 2.75) is 6.92 Å². The SMILES string of the molecule is Cc1ccc(-c2nnc3s/c(=C/c4ccc([N+](=O)[O-])cc4)c(=O)n23)cc1. The van der Waals surface area contributed by atoms with E-state index in [1.165, 1.54) is 27.9 Å². The van der Waals surface area contributed by atoms with Crippen LogP contribution in [0.25, 0.3) is 22.4 Å². The van der Waals surface area contributed by atoms with Gasteiger partial charge in [-0.2, -0.15) is 0 Å². The Morgan fingerprint density at radius 2 is 1.77 bits per heavy atom. The van der Waals surface area contributed by atoms with Crippen molar-refractivity contribution in [2.75, 3.05) is 0 Å². The molecule has 0 unspecified atom stereocenters. The quantitative estimate of drug-likeness (QED) is 0.412. The third-order valence-corrected chi connectivity index (χ3v) is 4.92. The van der Waals surface area contributed by atoms with Crippen LogP contribution in [0.2, 0.25) is 0 Å². The molecule has 0 spiro atoms. The molecule has 0 aliphatic rings. The normalized spacial score (nSPS) is 12.0. The van der Waals surface area contributed by atoms with Gasteiger partial charge in [-0.3, -0.25) is 14.9 Å². The molecule has 26 heavy (non-hydrogen) atoms. The highest BCUT2D eigenvalue weighted by molar-refractivity contribution is 7.15. The van der Waals surface area contributed by atoms with Crippen LogP contribution in [0.4, 0.5) is 5.69 Å². The minimum absolute atomic E-state index is 0.0105. The number of thiazole rings is 1. The second-order valence-corrected chi connectivity index (χ2v) is 6.78. The molecule has 0 amide bonds. The Hall–Kier alpha value is -3.39. The molecule has 0 aliphatic heterocycles. The van der Waals surface area contributed by atoms with E-state index in [0.717, 1.165) is 11.1 Å². The van der Waals surface area contributed by atoms with Gasteiger partial charge in [-0.1, -0.05) is 41.2 Å². The number of nitro benzene ring substituents is 1. The number of hydrogen-bond donors (Lipinski definition) is 0. The maximum atomic E-state index is 12.8. The Balaban J connectivity index is 1.82. The maximum Gasteiger partial charge on any atom is 0.276 e. The molecule has 4 rings (SSSR count). The predicted octanol–water partition coefficient (Wildman–Crippen LogP) is 2.58. The van der Waals surface area contributed by atoms with Gasteiger partial charge in [0.2, 0.25) is 4.96 Å². The van der Waals surface area contributed by atoms with Gasteiger partial charge in [-0.05, 0) is 30.7 Å². The van der Waals surface area contributed by atoms with Gasteiger partial charge < -0.3 is 0 Å². The summed E-state index contributed by atoms with van der Waals surface area (Å²) in [6.45, 7) is 1.99. The summed E-state index contributed by atoms with van der Waals surface area (Å²) in [4.78, 5) is 23.6. The van der Waals surface area contributed by atoms with E-state index < -0.39 is 4.92 Å². The summed E-state index contributed by atoms with van der Waals surface area (Å²) in [5, 5.41) is 19.0. The van der Waals surface area contributed by atoms with Gasteiger partial charge in [0, 0.05) is 17.7 Å². The van der Waals surface area contributed by atoms with Gasteiger partial charge in [-0.15, -0.1) is 10.2 Å². The van der Waals surface area contributed by atoms with Gasteiger partial charge in [0.05, 0.1) is 9.46 Å². The minimum atomic E-state index is -0.457. The van der Waals surface area contributed by atoms with Gasteiger partial charge in [0.1, 0.15) is 0 Å². The predicted molar refractivity (Wildman–Crippen MR) is 99.2 cm³/mol. The largest absolute Gasteiger partial charge is 0.276 e. The molecule has 0 saturated heterocycles. The van der Waals surface area contributed by atoms with Crippen molar-refractivity contribution in [1.29, 1.82) is 0 Å². The summed E-state index contributed by atoms with van der Waals surface area (Å²) in [6, 6.07) is 13.8. The number of non-ortho nitro benzene ring substituents is 1. The Morgan fingerprint density at radius 3 is 2.42 bits per heavy atom. The fourth-order valence-electron chi connectivity index (χ4n) is 2.60. The number of benzene rings is 2. The Bertz CT molecular complexity index is 1220. The Kier molecular flexibility index (Phi) is 3.81. The van der Waals surface area contributed by atoms with Gasteiger partial charge in [0.25, 0.3) is 11.2 Å². The fourth-order valence-corrected chi connectivity index (χ4v) is 3.51. The van der Waals surface area contributed by atoms with Gasteiger partial charge in [-0.25, -0.2) is 4.40 Å². The summed E-state index contributed by atoms with van der Waals surface area (Å²) in [7, 11) is 0. The maximum absolute atomic E-state index is 12.8. The molecule has 4 aromatic rings. The van der Waals surface area contributed by atoms with Crippen LogP contribution in [0.1, 0.15) is 11.1 Å². The van der Waals surface area contributed by atoms with Gasteiger partial charge in [0.15, 0.2) is 5.82 Å². The lowest BCUT2D eigenvalue weighted by atomic mass is 10.1. The molecule has 2 aromatic carbocycles. The van der Waals surface area contributed by atoms with E-state index in [9.17, 15) is 14.9 Å². The summed E-state index contributed by atoms with van der Waals surface area (Å²) in [6.07, 6.45) is 1.70. The number of aromatic nitrogens is 3. The van der Waals surface area contributed by atoms with Crippen LogP contribution < -0.4 is 10.1 Å². The molecule has 2 aromatic heterocycles. The number of nitrogens with zero attached hydrogens (tertiary/aromatic N) is 4. The first-order valence-corrected chi connectivity index (χ1v) is 8.56. The van der Waals surface area contributed by atoms with Crippen LogP contribution in [0.15, 0.2) is 53.3 Å². The number of fused-ring (bicyclic) bond motifs is 1. The van der Waals surface area contributed by atoms with E-state index in [0.29, 0.717) is 20.9 Å². The average Bonchev–Trinajstić information content (AvgIpc) is 3.17. The second-order valence-electron chi connectivity index (χ2n) is 5.77. The molecular weight excluding hydrogens is 352 g/mol. The van der Waals surface area contributed by atoms with E-state index in [2.05, 4.69) is 10.2 Å². The molecule has 0 saturated carbocycles. The molecule has 7 nitrogen and oxygen atoms in total. The summed E-state index contributed by atoms with van der Waals surface area (Å²) in [5.41, 5.74) is 2.46. The van der Waals surface area contributed by atoms with E-state index in [-0.39, 0.29) is 11.2 Å². The van der Waals surface area contributed by atoms with Crippen LogP contribution in [-0.4, -0.2) is 19.5 Å². The third kappa shape index (κ3) is 2.76. The van der Waals surface area contributed by atoms with Crippen molar-refractivity contribution in [2.24, 2.45) is 0 Å². The van der Waals surface area contributed by atoms with E-state index >= 15 is 0 Å². The fraction of sp³-hybridized carbons (Fsp3) is 0.0556. The van der Waals surface area contributed by atoms with Crippen molar-refractivity contribution >= 4 is 28.1 Å². The zero-order valence-electron chi connectivity index (χ0n) is 13.6. The van der Waals surface area contributed by atoms with Gasteiger partial charge >= 0.3 is 0 Å². The standard InChI is InChI=1S/C18H12N4O3S/c1-11-2-6-13(7-3-11)16-19-20-18-21(16)17(23)15(26-18)10-12-4-8-14(9-5-12)22(24)25/h2-10H,1H3/b15-10+. The second kappa shape index (κ2) is 6.16. The monoisotopic (exact) mass is 364 g/mol. The third-order valence-electron chi connectivity index (χ3n) is 3.96. The number of aryl methyl sites for hydroxylation is 1. The highest BCUT2D eigenvalue weighted by atomic mass is 32.1. The molecule has 0 aliphatic carbocycles. The lowest BCUT2D eigenvalue weighted by Crippen LogP contribution is -2.23. The average molecular weight is 364 g/mol. The highest BCUT2D eigenvalue weighted by Gasteiger charge is 2.14. The molecule has 8 heteroatoms. The summed E-state index contributed by atoms with van der Waals surface area (Å²) < 4.78 is 1.99. The number of rotatable bonds is 3. The van der Waals surface area contributed by atoms with Crippen molar-refractivity contribution in [3.8, 4) is 11.4 Å². The molecule has 0 fully saturated rings. The molecule has 0 atom stereocenters. The van der Waals surface area contributed by atoms with Crippen LogP contribution in [0, 0.1) is 17.0 Å². The zero-order chi connectivity index (χ0) is 18.3. The Morgan fingerprint density at radius 1 is 1.08 bits per heavy atom. The van der Waals surface area contributed by atoms with E-state index in [1.54, 1.807) is 18.2 Å². The summed E-state index contributed by atoms with van der Waals surface area (Å²) >= 11 is 1.24. The first-order valence-electron chi connectivity index (χ1n) is 7.74. The Labute approximate surface area is 151 Å². The van der Waals surface area contributed by atoms with Crippen LogP contribution >= 0.6 is 11.3 Å². The smallest absolute Gasteiger partial charge is 0.267 e. The van der Waals surface area contributed by atoms with Crippen molar-refractivity contribution in [3.05, 3.63) is 84.7 Å². The van der Waals surface area contributed by atoms with Crippen molar-refractivity contribution in [1.82, 2.24) is 14.6 Å². The lowest BCUT2D eigenvalue weighted by Gasteiger charge is -1.97.